The number of H-pyrrole nitrogens is 2. The SMILES string of the molecule is CCc1ccccc1-c1cc2cc(Nc3ccn(C)n3)ncc2c(N)n1.CCc1ccccc1-c1cc2cc(Nc3ccn[nH]3)ncc2c(N)n1.CCc1ccccc1-c1cc2cc(Nc3cn[nH]c3)ncc2c(N)n1.CCc1ccccc1-c1cc2cc(Nc3cnn(C)c3)ncc2c(N)n1.CCc1ccccc1-c1cc2cc(Nc3cnn(C4CCNCC4)c3)ncc2c(N)n1. The Labute approximate surface area is 768 Å². The second-order valence-electron chi connectivity index (χ2n) is 32.0. The van der Waals surface area contributed by atoms with E-state index in [0.717, 1.165) is 226 Å². The zero-order valence-corrected chi connectivity index (χ0v) is 74.9. The molecule has 18 N–H and O–H groups in total. The van der Waals surface area contributed by atoms with Gasteiger partial charge in [-0.1, -0.05) is 156 Å². The predicted molar refractivity (Wildman–Crippen MR) is 537 cm³/mol. The van der Waals surface area contributed by atoms with Gasteiger partial charge in [0, 0.05) is 137 Å². The molecule has 31 heteroatoms. The summed E-state index contributed by atoms with van der Waals surface area (Å²) < 4.78 is 5.54. The minimum atomic E-state index is 0.452. The van der Waals surface area contributed by atoms with Crippen LogP contribution in [0.15, 0.2) is 275 Å². The lowest BCUT2D eigenvalue weighted by Gasteiger charge is -2.22. The predicted octanol–water partition coefficient (Wildman–Crippen LogP) is 20.0. The van der Waals surface area contributed by atoms with Crippen molar-refractivity contribution in [2.75, 3.05) is 68.3 Å². The van der Waals surface area contributed by atoms with E-state index in [1.807, 2.05) is 130 Å². The number of nitrogens with zero attached hydrogens (tertiary/aromatic N) is 18. The molecule has 1 aliphatic heterocycles. The lowest BCUT2D eigenvalue weighted by atomic mass is 10.0. The van der Waals surface area contributed by atoms with Crippen LogP contribution in [0.5, 0.6) is 0 Å². The topological polar surface area (TPSA) is 442 Å². The van der Waals surface area contributed by atoms with E-state index in [4.69, 9.17) is 28.7 Å². The zero-order valence-electron chi connectivity index (χ0n) is 74.9. The van der Waals surface area contributed by atoms with Crippen molar-refractivity contribution >= 4 is 141 Å². The molecule has 31 nitrogen and oxygen atoms in total. The van der Waals surface area contributed by atoms with Crippen LogP contribution in [0.4, 0.5) is 86.9 Å². The van der Waals surface area contributed by atoms with E-state index in [1.54, 1.807) is 65.1 Å². The van der Waals surface area contributed by atoms with Crippen molar-refractivity contribution < 1.29 is 0 Å². The minimum Gasteiger partial charge on any atom is -0.383 e. The van der Waals surface area contributed by atoms with E-state index in [0.29, 0.717) is 35.1 Å². The molecule has 1 saturated heterocycles. The molecule has 0 bridgehead atoms. The number of anilines is 15. The van der Waals surface area contributed by atoms with Gasteiger partial charge in [-0.05, 0) is 173 Å². The highest BCUT2D eigenvalue weighted by Crippen LogP contribution is 2.38. The molecule has 1 fully saturated rings. The highest BCUT2D eigenvalue weighted by atomic mass is 15.3. The van der Waals surface area contributed by atoms with E-state index >= 15 is 0 Å². The van der Waals surface area contributed by atoms with Gasteiger partial charge in [-0.2, -0.15) is 25.5 Å². The van der Waals surface area contributed by atoms with Gasteiger partial charge in [-0.15, -0.1) is 0 Å². The van der Waals surface area contributed by atoms with Gasteiger partial charge in [-0.3, -0.25) is 24.2 Å². The minimum absolute atomic E-state index is 0.452. The Morgan fingerprint density at radius 2 is 0.692 bits per heavy atom. The van der Waals surface area contributed by atoms with Gasteiger partial charge >= 0.3 is 0 Å². The normalized spacial score (nSPS) is 11.8. The van der Waals surface area contributed by atoms with Crippen molar-refractivity contribution in [1.82, 2.24) is 105 Å². The van der Waals surface area contributed by atoms with E-state index in [-0.39, 0.29) is 0 Å². The number of fused-ring (bicyclic) bond motifs is 5. The van der Waals surface area contributed by atoms with Crippen LogP contribution in [0, 0.1) is 0 Å². The molecule has 0 unspecified atom stereocenters. The van der Waals surface area contributed by atoms with Crippen molar-refractivity contribution in [3.05, 3.63) is 302 Å². The van der Waals surface area contributed by atoms with E-state index < -0.39 is 0 Å². The first-order valence-electron chi connectivity index (χ1n) is 44.3. The molecule has 15 aromatic heterocycles. The number of benzene rings is 5. The first kappa shape index (κ1) is 88.0. The molecule has 16 heterocycles. The second kappa shape index (κ2) is 40.5. The summed E-state index contributed by atoms with van der Waals surface area (Å²) in [5.41, 5.74) is 50.0. The summed E-state index contributed by atoms with van der Waals surface area (Å²) in [5.74, 6) is 7.65. The van der Waals surface area contributed by atoms with Gasteiger partial charge in [0.05, 0.1) is 76.4 Å². The molecule has 0 amide bonds. The smallest absolute Gasteiger partial charge is 0.153 e. The Hall–Kier alpha value is -17.1. The van der Waals surface area contributed by atoms with Crippen molar-refractivity contribution in [3.63, 3.8) is 0 Å². The molecule has 0 radical (unpaired) electrons. The largest absolute Gasteiger partial charge is 0.383 e. The first-order valence-corrected chi connectivity index (χ1v) is 44.3. The van der Waals surface area contributed by atoms with Crippen LogP contribution in [0.1, 0.15) is 81.3 Å². The Bertz CT molecular complexity index is 7120. The van der Waals surface area contributed by atoms with Crippen molar-refractivity contribution in [2.45, 2.75) is 85.6 Å². The zero-order chi connectivity index (χ0) is 91.9. The summed E-state index contributed by atoms with van der Waals surface area (Å²) in [6.07, 6.45) is 30.3. The molecule has 133 heavy (non-hydrogen) atoms. The third-order valence-corrected chi connectivity index (χ3v) is 23.1. The molecule has 0 spiro atoms. The summed E-state index contributed by atoms with van der Waals surface area (Å²) in [5, 5.41) is 55.4. The van der Waals surface area contributed by atoms with Crippen molar-refractivity contribution in [3.8, 4) is 56.3 Å². The summed E-state index contributed by atoms with van der Waals surface area (Å²) in [7, 11) is 3.76. The summed E-state index contributed by atoms with van der Waals surface area (Å²) >= 11 is 0. The van der Waals surface area contributed by atoms with Gasteiger partial charge in [0.1, 0.15) is 64.0 Å². The lowest BCUT2D eigenvalue weighted by molar-refractivity contribution is 0.343. The Balaban J connectivity index is 0.000000116. The fourth-order valence-corrected chi connectivity index (χ4v) is 16.3. The molecule has 1 aliphatic rings. The number of piperidine rings is 1. The van der Waals surface area contributed by atoms with Crippen LogP contribution in [0.3, 0.4) is 0 Å². The number of rotatable bonds is 21. The highest BCUT2D eigenvalue weighted by molar-refractivity contribution is 6.00. The van der Waals surface area contributed by atoms with Crippen LogP contribution in [-0.2, 0) is 46.2 Å². The van der Waals surface area contributed by atoms with E-state index in [1.165, 1.54) is 27.8 Å². The quantitative estimate of drug-likeness (QED) is 0.0318. The highest BCUT2D eigenvalue weighted by Gasteiger charge is 2.20. The Morgan fingerprint density at radius 3 is 1.02 bits per heavy atom. The van der Waals surface area contributed by atoms with Crippen LogP contribution in [0.25, 0.3) is 110 Å². The Kier molecular flexibility index (Phi) is 26.8. The standard InChI is InChI=1S/C24H27N7.2C20H20N6.2C19H18N6/c1-2-16-5-3-4-6-20(16)22-11-17-12-23(27-14-21(17)24(25)30-22)29-18-13-28-31(15-18)19-7-9-26-10-8-19;1-3-13-6-4-5-7-16(13)18-8-14-9-19(22-11-17(14)20(21)25-18)24-15-10-23-26(2)12-15;1-3-13-6-4-5-7-15(13)17-10-14-11-19(22-12-16(14)20(21)23-17)24-18-8-9-26(2)25-18;1-2-12-5-3-4-6-15(12)17-7-13-8-18(24-14-9-22-23-10-14)21-11-16(13)19(20)25-17;1-2-12-5-3-4-6-14(12)16-9-13-10-18(24-17-7-8-22-25-17)21-11-15(13)19(20)23-16/h3-6,11-15,19,26H,2,7-10H2,1H3,(H2,25,30)(H,27,29);4-12H,3H2,1-2H3,(H2,21,25)(H,22,24);4-12H,3H2,1-2H3,(H2,21,23)(H,22,24,25);3-11H,2H2,1H3,(H2,20,25)(H,21,24)(H,22,23);3-11H,2H2,1H3,(H2,20,23)(H2,21,22,24,25). The number of nitrogens with one attached hydrogen (secondary N) is 8. The van der Waals surface area contributed by atoms with Gasteiger partial charge in [-0.25, -0.2) is 49.8 Å². The molecule has 20 aromatic rings. The average Bonchev–Trinajstić information content (AvgIpc) is 1.56. The molecule has 21 rings (SSSR count). The maximum Gasteiger partial charge on any atom is 0.153 e. The van der Waals surface area contributed by atoms with Gasteiger partial charge in [0.15, 0.2) is 5.82 Å². The maximum absolute atomic E-state index is 6.28. The van der Waals surface area contributed by atoms with Crippen molar-refractivity contribution in [1.29, 1.82) is 0 Å². The summed E-state index contributed by atoms with van der Waals surface area (Å²) in [6, 6.07) is 65.9. The first-order chi connectivity index (χ1) is 65.0. The van der Waals surface area contributed by atoms with Crippen molar-refractivity contribution in [2.24, 2.45) is 14.1 Å². The molecular weight excluding hydrogens is 1660 g/mol. The molecule has 0 saturated carbocycles. The summed E-state index contributed by atoms with van der Waals surface area (Å²) in [6.45, 7) is 12.8. The van der Waals surface area contributed by atoms with E-state index in [9.17, 15) is 0 Å². The van der Waals surface area contributed by atoms with Crippen LogP contribution < -0.4 is 60.6 Å². The Morgan fingerprint density at radius 1 is 0.346 bits per heavy atom. The summed E-state index contributed by atoms with van der Waals surface area (Å²) in [4.78, 5) is 45.2. The second-order valence-corrected chi connectivity index (χ2v) is 32.0. The number of nitrogens with two attached hydrogens (primary N) is 5. The lowest BCUT2D eigenvalue weighted by Crippen LogP contribution is -2.29. The fraction of sp³-hybridized carbons (Fsp3) is 0.167. The number of hydrogen-bond donors (Lipinski definition) is 13. The maximum atomic E-state index is 6.28. The molecular formula is C102H103N31. The monoisotopic (exact) mass is 1760 g/mol. The van der Waals surface area contributed by atoms with Gasteiger partial charge in [0.2, 0.25) is 0 Å². The van der Waals surface area contributed by atoms with Crippen LogP contribution in [-0.4, -0.2) is 113 Å². The number of aryl methyl sites for hydroxylation is 7. The number of pyridine rings is 10. The number of aromatic nitrogens is 20. The molecule has 0 atom stereocenters. The molecule has 5 aromatic carbocycles. The van der Waals surface area contributed by atoms with Crippen LogP contribution >= 0.6 is 0 Å². The number of nitrogen functional groups attached to an aromatic ring is 5. The van der Waals surface area contributed by atoms with Crippen LogP contribution in [0.2, 0.25) is 0 Å². The third-order valence-electron chi connectivity index (χ3n) is 23.1. The van der Waals surface area contributed by atoms with Gasteiger partial charge < -0.3 is 60.6 Å². The average molecular weight is 1760 g/mol. The van der Waals surface area contributed by atoms with Gasteiger partial charge in [0.25, 0.3) is 0 Å². The third kappa shape index (κ3) is 20.7. The molecule has 0 aliphatic carbocycles. The number of hydrogen-bond acceptors (Lipinski definition) is 26. The number of aromatic amines is 2. The fourth-order valence-electron chi connectivity index (χ4n) is 16.3. The molecule has 666 valence electrons. The van der Waals surface area contributed by atoms with E-state index in [2.05, 4.69) is 260 Å².